The lowest BCUT2D eigenvalue weighted by molar-refractivity contribution is -0.111. The third-order valence-electron chi connectivity index (χ3n) is 5.63. The Balaban J connectivity index is 1.31. The first-order valence-corrected chi connectivity index (χ1v) is 10.8. The van der Waals surface area contributed by atoms with Crippen molar-refractivity contribution in [2.24, 2.45) is 0 Å². The van der Waals surface area contributed by atoms with Crippen molar-refractivity contribution < 1.29 is 13.8 Å². The first-order chi connectivity index (χ1) is 13.5. The third kappa shape index (κ3) is 3.82. The molecule has 4 rings (SSSR count). The normalized spacial score (nSPS) is 25.6. The van der Waals surface area contributed by atoms with Gasteiger partial charge in [0.2, 0.25) is 5.91 Å². The van der Waals surface area contributed by atoms with Gasteiger partial charge in [0.05, 0.1) is 13.1 Å². The van der Waals surface area contributed by atoms with Crippen LogP contribution in [0.4, 0.5) is 10.5 Å². The van der Waals surface area contributed by atoms with E-state index in [2.05, 4.69) is 17.2 Å². The highest BCUT2D eigenvalue weighted by Crippen LogP contribution is 2.25. The predicted octanol–water partition coefficient (Wildman–Crippen LogP) is 0.565. The van der Waals surface area contributed by atoms with E-state index in [0.717, 1.165) is 19.5 Å². The second kappa shape index (κ2) is 8.02. The minimum atomic E-state index is -1.69. The maximum absolute atomic E-state index is 12.9. The van der Waals surface area contributed by atoms with Crippen molar-refractivity contribution in [2.75, 3.05) is 44.6 Å². The molecule has 3 atom stereocenters. The zero-order valence-corrected chi connectivity index (χ0v) is 16.6. The fraction of sp³-hybridized carbons (Fsp3) is 0.474. The molecule has 1 aromatic carbocycles. The zero-order valence-electron chi connectivity index (χ0n) is 15.7. The van der Waals surface area contributed by atoms with Crippen LogP contribution < -0.4 is 10.6 Å². The van der Waals surface area contributed by atoms with E-state index in [1.807, 2.05) is 14.1 Å². The topological polar surface area (TPSA) is 85.0 Å². The summed E-state index contributed by atoms with van der Waals surface area (Å²) in [5, 5.41) is 6.09. The number of fused-ring (bicyclic) bond motifs is 2. The molecule has 1 aromatic rings. The van der Waals surface area contributed by atoms with E-state index >= 15 is 0 Å². The Hall–Kier alpha value is -2.23. The Morgan fingerprint density at radius 2 is 1.89 bits per heavy atom. The van der Waals surface area contributed by atoms with Crippen LogP contribution in [-0.4, -0.2) is 77.4 Å². The number of benzene rings is 1. The van der Waals surface area contributed by atoms with E-state index in [1.165, 1.54) is 6.08 Å². The summed E-state index contributed by atoms with van der Waals surface area (Å²) in [6.07, 6.45) is 2.26. The van der Waals surface area contributed by atoms with Gasteiger partial charge < -0.3 is 20.4 Å². The molecule has 3 unspecified atom stereocenters. The molecule has 0 aliphatic carbocycles. The summed E-state index contributed by atoms with van der Waals surface area (Å²) in [6.45, 7) is 7.48. The Kier molecular flexibility index (Phi) is 5.47. The van der Waals surface area contributed by atoms with E-state index < -0.39 is 11.0 Å². The van der Waals surface area contributed by atoms with Crippen LogP contribution in [0, 0.1) is 0 Å². The average molecular weight is 405 g/mol. The van der Waals surface area contributed by atoms with Gasteiger partial charge in [0.15, 0.2) is 15.9 Å². The van der Waals surface area contributed by atoms with Crippen LogP contribution >= 0.6 is 0 Å². The Bertz CT molecular complexity index is 791. The molecule has 3 aliphatic rings. The maximum atomic E-state index is 12.9. The number of thiol groups is 1. The molecule has 28 heavy (non-hydrogen) atoms. The van der Waals surface area contributed by atoms with Crippen LogP contribution in [-0.2, 0) is 20.0 Å². The molecular weight excluding hydrogens is 378 g/mol. The summed E-state index contributed by atoms with van der Waals surface area (Å²) in [5.74, 6) is -0.278. The maximum Gasteiger partial charge on any atom is 0.320 e. The number of carbonyl (C=O) groups excluding carboxylic acids is 2. The van der Waals surface area contributed by atoms with Gasteiger partial charge in [0.25, 0.3) is 0 Å². The number of carbonyl (C=O) groups is 2. The molecule has 3 saturated heterocycles. The minimum Gasteiger partial charge on any atom is -0.323 e. The number of piperazine rings is 2. The number of anilines is 1. The van der Waals surface area contributed by atoms with Gasteiger partial charge in [-0.05, 0) is 36.8 Å². The van der Waals surface area contributed by atoms with Gasteiger partial charge in [-0.1, -0.05) is 10.8 Å². The smallest absolute Gasteiger partial charge is 0.320 e. The molecule has 3 amide bonds. The van der Waals surface area contributed by atoms with Crippen molar-refractivity contribution in [3.8, 4) is 0 Å². The molecule has 0 saturated carbocycles. The number of rotatable bonds is 4. The van der Waals surface area contributed by atoms with Gasteiger partial charge in [-0.3, -0.25) is 4.79 Å². The lowest BCUT2D eigenvalue weighted by Gasteiger charge is -2.36. The van der Waals surface area contributed by atoms with Crippen molar-refractivity contribution in [3.05, 3.63) is 36.9 Å². The number of likely N-dealkylation sites (tertiary alicyclic amines) is 1. The highest BCUT2D eigenvalue weighted by molar-refractivity contribution is 7.82. The molecule has 0 spiro atoms. The van der Waals surface area contributed by atoms with Gasteiger partial charge in [-0.15, -0.1) is 4.31 Å². The number of urea groups is 1. The van der Waals surface area contributed by atoms with E-state index in [-0.39, 0.29) is 11.9 Å². The molecule has 2 bridgehead atoms. The SMILES string of the molecule is C=CC(=O)Nc1ccc([SH+](=O)N2CCN(C(=O)N3CC4CC3CN4)CC2)cc1. The minimum absolute atomic E-state index is 0.117. The molecule has 2 N–H and O–H groups in total. The molecule has 3 heterocycles. The number of nitrogens with one attached hydrogen (secondary N) is 2. The van der Waals surface area contributed by atoms with Gasteiger partial charge in [0.1, 0.15) is 0 Å². The van der Waals surface area contributed by atoms with Crippen LogP contribution in [0.5, 0.6) is 0 Å². The van der Waals surface area contributed by atoms with E-state index in [1.54, 1.807) is 24.3 Å². The van der Waals surface area contributed by atoms with Gasteiger partial charge in [0, 0.05) is 44.0 Å². The van der Waals surface area contributed by atoms with Crippen molar-refractivity contribution in [1.82, 2.24) is 19.4 Å². The van der Waals surface area contributed by atoms with Crippen molar-refractivity contribution in [3.63, 3.8) is 0 Å². The van der Waals surface area contributed by atoms with Gasteiger partial charge in [-0.25, -0.2) is 4.79 Å². The van der Waals surface area contributed by atoms with E-state index in [9.17, 15) is 13.8 Å². The Morgan fingerprint density at radius 3 is 2.46 bits per heavy atom. The van der Waals surface area contributed by atoms with Crippen LogP contribution in [0.3, 0.4) is 0 Å². The Labute approximate surface area is 167 Å². The first kappa shape index (κ1) is 19.1. The second-order valence-corrected chi connectivity index (χ2v) is 9.01. The van der Waals surface area contributed by atoms with Gasteiger partial charge in [-0.2, -0.15) is 0 Å². The summed E-state index contributed by atoms with van der Waals surface area (Å²) >= 11 is 0. The van der Waals surface area contributed by atoms with E-state index in [0.29, 0.717) is 48.8 Å². The average Bonchev–Trinajstić information content (AvgIpc) is 3.37. The zero-order chi connectivity index (χ0) is 19.7. The molecular formula is C19H26N5O3S+. The quantitative estimate of drug-likeness (QED) is 0.436. The van der Waals surface area contributed by atoms with Crippen LogP contribution in [0.15, 0.2) is 41.8 Å². The van der Waals surface area contributed by atoms with Crippen LogP contribution in [0.1, 0.15) is 6.42 Å². The Morgan fingerprint density at radius 1 is 1.18 bits per heavy atom. The van der Waals surface area contributed by atoms with Crippen molar-refractivity contribution in [2.45, 2.75) is 23.4 Å². The first-order valence-electron chi connectivity index (χ1n) is 9.59. The summed E-state index contributed by atoms with van der Waals surface area (Å²) < 4.78 is 14.8. The van der Waals surface area contributed by atoms with Gasteiger partial charge >= 0.3 is 6.03 Å². The molecule has 0 radical (unpaired) electrons. The summed E-state index contributed by atoms with van der Waals surface area (Å²) in [6, 6.07) is 7.90. The van der Waals surface area contributed by atoms with Crippen molar-refractivity contribution in [1.29, 1.82) is 0 Å². The monoisotopic (exact) mass is 404 g/mol. The number of amides is 3. The lowest BCUT2D eigenvalue weighted by atomic mass is 10.2. The molecule has 0 aromatic heterocycles. The fourth-order valence-electron chi connectivity index (χ4n) is 4.07. The molecule has 8 nitrogen and oxygen atoms in total. The van der Waals surface area contributed by atoms with Crippen molar-refractivity contribution >= 4 is 28.6 Å². The third-order valence-corrected chi connectivity index (χ3v) is 7.28. The highest BCUT2D eigenvalue weighted by atomic mass is 32.2. The second-order valence-electron chi connectivity index (χ2n) is 7.38. The molecule has 3 aliphatic heterocycles. The van der Waals surface area contributed by atoms with E-state index in [4.69, 9.17) is 0 Å². The fourth-order valence-corrected chi connectivity index (χ4v) is 5.35. The summed E-state index contributed by atoms with van der Waals surface area (Å²) in [5.41, 5.74) is 0.641. The lowest BCUT2D eigenvalue weighted by Crippen LogP contribution is -2.56. The molecule has 3 fully saturated rings. The molecule has 150 valence electrons. The predicted molar refractivity (Wildman–Crippen MR) is 108 cm³/mol. The largest absolute Gasteiger partial charge is 0.323 e. The van der Waals surface area contributed by atoms with Crippen LogP contribution in [0.2, 0.25) is 0 Å². The van der Waals surface area contributed by atoms with Crippen LogP contribution in [0.25, 0.3) is 0 Å². The number of nitrogens with zero attached hydrogens (tertiary/aromatic N) is 3. The highest BCUT2D eigenvalue weighted by Gasteiger charge is 2.42. The molecule has 9 heteroatoms. The number of hydrogen-bond acceptors (Lipinski definition) is 4. The standard InChI is InChI=1S/C19H25N5O3S/c1-2-18(25)21-14-3-5-17(6-4-14)28(27)23-9-7-22(8-10-23)19(26)24-13-15-11-16(24)12-20-15/h2-6,15-16,20H,1,7-13H2,(H,21,25)/p+1. The summed E-state index contributed by atoms with van der Waals surface area (Å²) in [4.78, 5) is 28.7. The number of hydrogen-bond donors (Lipinski definition) is 2. The summed E-state index contributed by atoms with van der Waals surface area (Å²) in [7, 11) is -1.69.